The van der Waals surface area contributed by atoms with Gasteiger partial charge in [0, 0.05) is 5.54 Å². The fraction of sp³-hybridized carbons (Fsp3) is 0.684. The quantitative estimate of drug-likeness (QED) is 0.843. The van der Waals surface area contributed by atoms with Gasteiger partial charge in [-0.05, 0) is 70.4 Å². The highest BCUT2D eigenvalue weighted by molar-refractivity contribution is 5.37. The summed E-state index contributed by atoms with van der Waals surface area (Å²) in [4.78, 5) is 2.48. The third-order valence-electron chi connectivity index (χ3n) is 5.45. The zero-order valence-electron chi connectivity index (χ0n) is 14.5. The highest BCUT2D eigenvalue weighted by Crippen LogP contribution is 2.44. The number of hydrogen-bond donors (Lipinski definition) is 1. The molecule has 2 heteroatoms. The SMILES string of the molecule is CCCNC(c1cccc(C)c1C)C1(N(C)C)CCCC1. The lowest BCUT2D eigenvalue weighted by Gasteiger charge is -2.44. The maximum absolute atomic E-state index is 3.88. The van der Waals surface area contributed by atoms with Gasteiger partial charge in [0.1, 0.15) is 0 Å². The van der Waals surface area contributed by atoms with E-state index in [2.05, 4.69) is 63.3 Å². The van der Waals surface area contributed by atoms with E-state index in [0.717, 1.165) is 6.54 Å². The molecule has 1 saturated carbocycles. The third-order valence-corrected chi connectivity index (χ3v) is 5.45. The van der Waals surface area contributed by atoms with Crippen LogP contribution in [0.3, 0.4) is 0 Å². The molecule has 0 aliphatic heterocycles. The largest absolute Gasteiger partial charge is 0.308 e. The first-order chi connectivity index (χ1) is 10.0. The normalized spacial score (nSPS) is 19.1. The number of rotatable bonds is 6. The molecule has 21 heavy (non-hydrogen) atoms. The van der Waals surface area contributed by atoms with Gasteiger partial charge in [-0.2, -0.15) is 0 Å². The van der Waals surface area contributed by atoms with Crippen LogP contribution in [0, 0.1) is 13.8 Å². The van der Waals surface area contributed by atoms with Crippen molar-refractivity contribution in [3.05, 3.63) is 34.9 Å². The van der Waals surface area contributed by atoms with Gasteiger partial charge >= 0.3 is 0 Å². The van der Waals surface area contributed by atoms with Gasteiger partial charge in [-0.15, -0.1) is 0 Å². The van der Waals surface area contributed by atoms with Crippen LogP contribution >= 0.6 is 0 Å². The van der Waals surface area contributed by atoms with Crippen LogP contribution in [0.25, 0.3) is 0 Å². The molecule has 0 spiro atoms. The van der Waals surface area contributed by atoms with Crippen molar-refractivity contribution < 1.29 is 0 Å². The molecular weight excluding hydrogens is 256 g/mol. The molecule has 0 heterocycles. The summed E-state index contributed by atoms with van der Waals surface area (Å²) >= 11 is 0. The molecule has 118 valence electrons. The molecule has 1 unspecified atom stereocenters. The second-order valence-corrected chi connectivity index (χ2v) is 6.88. The Balaban J connectivity index is 2.44. The van der Waals surface area contributed by atoms with Crippen molar-refractivity contribution in [3.63, 3.8) is 0 Å². The number of likely N-dealkylation sites (N-methyl/N-ethyl adjacent to an activating group) is 1. The van der Waals surface area contributed by atoms with E-state index in [1.54, 1.807) is 0 Å². The Labute approximate surface area is 130 Å². The summed E-state index contributed by atoms with van der Waals surface area (Å²) < 4.78 is 0. The van der Waals surface area contributed by atoms with E-state index in [9.17, 15) is 0 Å². The highest BCUT2D eigenvalue weighted by Gasteiger charge is 2.44. The first kappa shape index (κ1) is 16.5. The number of nitrogens with zero attached hydrogens (tertiary/aromatic N) is 1. The highest BCUT2D eigenvalue weighted by atomic mass is 15.2. The predicted octanol–water partition coefficient (Wildman–Crippen LogP) is 4.22. The van der Waals surface area contributed by atoms with Gasteiger partial charge in [-0.1, -0.05) is 38.0 Å². The van der Waals surface area contributed by atoms with Gasteiger partial charge in [0.25, 0.3) is 0 Å². The minimum absolute atomic E-state index is 0.272. The Morgan fingerprint density at radius 3 is 2.43 bits per heavy atom. The molecule has 1 N–H and O–H groups in total. The zero-order chi connectivity index (χ0) is 15.5. The third kappa shape index (κ3) is 3.17. The monoisotopic (exact) mass is 288 g/mol. The summed E-state index contributed by atoms with van der Waals surface area (Å²) in [5.74, 6) is 0. The minimum atomic E-state index is 0.272. The van der Waals surface area contributed by atoms with Crippen molar-refractivity contribution in [1.82, 2.24) is 10.2 Å². The molecule has 1 fully saturated rings. The molecular formula is C19H32N2. The summed E-state index contributed by atoms with van der Waals surface area (Å²) in [7, 11) is 4.52. The summed E-state index contributed by atoms with van der Waals surface area (Å²) in [6.07, 6.45) is 6.50. The van der Waals surface area contributed by atoms with Crippen molar-refractivity contribution in [2.75, 3.05) is 20.6 Å². The lowest BCUT2D eigenvalue weighted by atomic mass is 9.80. The summed E-state index contributed by atoms with van der Waals surface area (Å²) in [5, 5.41) is 3.88. The van der Waals surface area contributed by atoms with E-state index in [4.69, 9.17) is 0 Å². The van der Waals surface area contributed by atoms with Crippen LogP contribution in [0.2, 0.25) is 0 Å². The first-order valence-corrected chi connectivity index (χ1v) is 8.50. The fourth-order valence-electron chi connectivity index (χ4n) is 3.95. The van der Waals surface area contributed by atoms with Gasteiger partial charge < -0.3 is 10.2 Å². The van der Waals surface area contributed by atoms with Gasteiger partial charge in [-0.3, -0.25) is 0 Å². The molecule has 1 aromatic carbocycles. The smallest absolute Gasteiger partial charge is 0.0509 e. The van der Waals surface area contributed by atoms with Crippen LogP contribution in [-0.2, 0) is 0 Å². The van der Waals surface area contributed by atoms with Gasteiger partial charge in [0.15, 0.2) is 0 Å². The molecule has 2 nitrogen and oxygen atoms in total. The fourth-order valence-corrected chi connectivity index (χ4v) is 3.95. The molecule has 0 saturated heterocycles. The van der Waals surface area contributed by atoms with E-state index in [1.165, 1.54) is 48.8 Å². The zero-order valence-corrected chi connectivity index (χ0v) is 14.5. The van der Waals surface area contributed by atoms with Crippen LogP contribution in [0.4, 0.5) is 0 Å². The average Bonchev–Trinajstić information content (AvgIpc) is 2.94. The Morgan fingerprint density at radius 1 is 1.19 bits per heavy atom. The van der Waals surface area contributed by atoms with Crippen LogP contribution in [0.15, 0.2) is 18.2 Å². The van der Waals surface area contributed by atoms with Crippen LogP contribution < -0.4 is 5.32 Å². The predicted molar refractivity (Wildman–Crippen MR) is 91.8 cm³/mol. The van der Waals surface area contributed by atoms with Crippen molar-refractivity contribution in [1.29, 1.82) is 0 Å². The lowest BCUT2D eigenvalue weighted by Crippen LogP contribution is -2.52. The standard InChI is InChI=1S/C19H32N2/c1-6-14-20-18(17-11-9-10-15(2)16(17)3)19(21(4)5)12-7-8-13-19/h9-11,18,20H,6-8,12-14H2,1-5H3. The maximum Gasteiger partial charge on any atom is 0.0509 e. The van der Waals surface area contributed by atoms with E-state index < -0.39 is 0 Å². The van der Waals surface area contributed by atoms with Gasteiger partial charge in [0.2, 0.25) is 0 Å². The van der Waals surface area contributed by atoms with Crippen molar-refractivity contribution in [3.8, 4) is 0 Å². The molecule has 0 radical (unpaired) electrons. The van der Waals surface area contributed by atoms with Crippen LogP contribution in [-0.4, -0.2) is 31.1 Å². The van der Waals surface area contributed by atoms with Gasteiger partial charge in [0.05, 0.1) is 6.04 Å². The van der Waals surface area contributed by atoms with Crippen LogP contribution in [0.5, 0.6) is 0 Å². The number of hydrogen-bond acceptors (Lipinski definition) is 2. The van der Waals surface area contributed by atoms with E-state index >= 15 is 0 Å². The van der Waals surface area contributed by atoms with E-state index in [1.807, 2.05) is 0 Å². The maximum atomic E-state index is 3.88. The molecule has 1 atom stereocenters. The molecule has 0 aromatic heterocycles. The number of nitrogens with one attached hydrogen (secondary N) is 1. The second kappa shape index (κ2) is 6.93. The Hall–Kier alpha value is -0.860. The Bertz CT molecular complexity index is 459. The molecule has 0 bridgehead atoms. The van der Waals surface area contributed by atoms with Crippen molar-refractivity contribution in [2.24, 2.45) is 0 Å². The second-order valence-electron chi connectivity index (χ2n) is 6.88. The molecule has 1 aliphatic rings. The number of aryl methyl sites for hydroxylation is 1. The summed E-state index contributed by atoms with van der Waals surface area (Å²) in [6, 6.07) is 7.22. The Morgan fingerprint density at radius 2 is 1.86 bits per heavy atom. The molecule has 2 rings (SSSR count). The molecule has 0 amide bonds. The minimum Gasteiger partial charge on any atom is -0.308 e. The van der Waals surface area contributed by atoms with E-state index in [-0.39, 0.29) is 5.54 Å². The lowest BCUT2D eigenvalue weighted by molar-refractivity contribution is 0.104. The number of benzene rings is 1. The van der Waals surface area contributed by atoms with Gasteiger partial charge in [-0.25, -0.2) is 0 Å². The first-order valence-electron chi connectivity index (χ1n) is 8.50. The van der Waals surface area contributed by atoms with E-state index in [0.29, 0.717) is 6.04 Å². The van der Waals surface area contributed by atoms with Crippen LogP contribution in [0.1, 0.15) is 61.8 Å². The molecule has 1 aromatic rings. The topological polar surface area (TPSA) is 15.3 Å². The summed E-state index contributed by atoms with van der Waals surface area (Å²) in [6.45, 7) is 7.86. The average molecular weight is 288 g/mol. The van der Waals surface area contributed by atoms with Crippen molar-refractivity contribution in [2.45, 2.75) is 64.5 Å². The van der Waals surface area contributed by atoms with Crippen molar-refractivity contribution >= 4 is 0 Å². The molecule has 1 aliphatic carbocycles. The Kier molecular flexibility index (Phi) is 5.45. The summed E-state index contributed by atoms with van der Waals surface area (Å²) in [5.41, 5.74) is 4.63.